The number of hydrogen-bond donors (Lipinski definition) is 0. The van der Waals surface area contributed by atoms with Crippen molar-refractivity contribution in [1.29, 1.82) is 0 Å². The van der Waals surface area contributed by atoms with E-state index in [1.54, 1.807) is 0 Å². The van der Waals surface area contributed by atoms with Crippen molar-refractivity contribution in [2.75, 3.05) is 9.80 Å². The van der Waals surface area contributed by atoms with Crippen molar-refractivity contribution >= 4 is 116 Å². The van der Waals surface area contributed by atoms with Crippen LogP contribution in [0.3, 0.4) is 0 Å². The zero-order valence-electron chi connectivity index (χ0n) is 63.1. The molecular weight excluding hydrogens is 1390 g/mol. The fraction of sp³-hybridized carbons (Fsp3) is 0. The molecule has 115 heavy (non-hydrogen) atoms. The highest BCUT2D eigenvalue weighted by Gasteiger charge is 2.20. The van der Waals surface area contributed by atoms with Crippen LogP contribution in [-0.4, -0.2) is 13.7 Å². The lowest BCUT2D eigenvalue weighted by atomic mass is 10.0. The molecule has 0 bridgehead atoms. The molecule has 0 aliphatic carbocycles. The van der Waals surface area contributed by atoms with E-state index in [2.05, 4.69) is 455 Å². The number of hydrogen-bond acceptors (Lipinski definition) is 2. The average Bonchev–Trinajstić information content (AvgIpc) is 1.62. The molecule has 0 atom stereocenters. The highest BCUT2D eigenvalue weighted by Crippen LogP contribution is 2.43. The number of nitrogens with zero attached hydrogens (tertiary/aromatic N) is 5. The Labute approximate surface area is 668 Å². The number of benzene rings is 18. The Kier molecular flexibility index (Phi) is 17.8. The summed E-state index contributed by atoms with van der Waals surface area (Å²) in [5, 5.41) is 9.98. The fourth-order valence-corrected chi connectivity index (χ4v) is 16.8. The van der Waals surface area contributed by atoms with Crippen LogP contribution in [0.5, 0.6) is 0 Å². The molecule has 0 spiro atoms. The molecule has 21 rings (SSSR count). The van der Waals surface area contributed by atoms with E-state index in [9.17, 15) is 0 Å². The third-order valence-electron chi connectivity index (χ3n) is 22.6. The minimum Gasteiger partial charge on any atom is -0.311 e. The third kappa shape index (κ3) is 12.9. The van der Waals surface area contributed by atoms with E-state index in [1.807, 2.05) is 18.2 Å². The number of anilines is 6. The Morgan fingerprint density at radius 3 is 0.774 bits per heavy atom. The topological polar surface area (TPSA) is 21.3 Å². The summed E-state index contributed by atoms with van der Waals surface area (Å²) in [5.74, 6) is 2.71. The van der Waals surface area contributed by atoms with Crippen LogP contribution in [0, 0.1) is 12.3 Å². The summed E-state index contributed by atoms with van der Waals surface area (Å²) in [6, 6.07) is 155. The maximum absolute atomic E-state index is 5.59. The summed E-state index contributed by atoms with van der Waals surface area (Å²) in [7, 11) is 0. The summed E-state index contributed by atoms with van der Waals surface area (Å²) in [4.78, 5) is 4.68. The molecule has 0 radical (unpaired) electrons. The lowest BCUT2D eigenvalue weighted by Gasteiger charge is -2.26. The van der Waals surface area contributed by atoms with Crippen LogP contribution < -0.4 is 9.80 Å². The molecule has 0 aliphatic rings. The van der Waals surface area contributed by atoms with E-state index in [4.69, 9.17) is 6.42 Å². The minimum atomic E-state index is 0.882. The van der Waals surface area contributed by atoms with E-state index < -0.39 is 0 Å². The minimum absolute atomic E-state index is 0.882. The average molecular weight is 1470 g/mol. The predicted octanol–water partition coefficient (Wildman–Crippen LogP) is 29.7. The molecule has 21 aromatic rings. The summed E-state index contributed by atoms with van der Waals surface area (Å²) >= 11 is 0. The Bertz CT molecular complexity index is 7050. The van der Waals surface area contributed by atoms with Crippen molar-refractivity contribution < 1.29 is 0 Å². The van der Waals surface area contributed by atoms with Crippen LogP contribution in [0.15, 0.2) is 437 Å². The molecule has 5 heteroatoms. The van der Waals surface area contributed by atoms with Gasteiger partial charge in [-0.1, -0.05) is 292 Å². The van der Waals surface area contributed by atoms with Crippen LogP contribution in [0.4, 0.5) is 34.1 Å². The Morgan fingerprint density at radius 1 is 0.217 bits per heavy atom. The second-order valence-electron chi connectivity index (χ2n) is 29.2. The van der Waals surface area contributed by atoms with Gasteiger partial charge < -0.3 is 23.5 Å². The molecule has 0 saturated carbocycles. The van der Waals surface area contributed by atoms with Gasteiger partial charge in [-0.15, -0.1) is 6.42 Å². The predicted molar refractivity (Wildman–Crippen MR) is 488 cm³/mol. The summed E-state index contributed by atoms with van der Waals surface area (Å²) in [6.07, 6.45) is 7.47. The van der Waals surface area contributed by atoms with Crippen LogP contribution in [-0.2, 0) is 0 Å². The molecule has 3 aromatic heterocycles. The highest BCUT2D eigenvalue weighted by atomic mass is 15.1. The molecule has 540 valence electrons. The van der Waals surface area contributed by atoms with Crippen molar-refractivity contribution in [3.8, 4) is 85.0 Å². The van der Waals surface area contributed by atoms with Gasteiger partial charge in [0.1, 0.15) is 0 Å². The molecule has 3 heterocycles. The first-order valence-electron chi connectivity index (χ1n) is 39.1. The second-order valence-corrected chi connectivity index (χ2v) is 29.2. The van der Waals surface area contributed by atoms with Gasteiger partial charge in [-0.3, -0.25) is 0 Å². The maximum Gasteiger partial charge on any atom is 0.0541 e. The molecule has 0 fully saturated rings. The first-order valence-corrected chi connectivity index (χ1v) is 39.1. The first kappa shape index (κ1) is 68.8. The quantitative estimate of drug-likeness (QED) is 0.0954. The standard InChI is InChI=1S/C60H41N3.C50H34N2/c1-2-41-19-21-42(22-20-41)43-23-31-48(32-24-43)61(51-37-29-47-40-52(38-30-46(47)39-51)63-59-17-9-5-13-55(59)56-14-6-10-18-60(56)63)49-33-25-44(26-34-49)45-27-35-50(36-28-45)62-57-15-7-3-11-53(57)54-12-4-8-16-58(54)62;1-2-36-16-18-38(19-17-36)40-22-30-44(31-23-40)51(43-28-20-39(21-29-43)37-10-4-3-5-11-37)45-32-24-41(25-33-45)42-26-34-46(35-27-42)52-49-14-8-6-12-47(49)48-13-7-9-15-50(48)52/h2-40H,1H2;1,3-35H. The van der Waals surface area contributed by atoms with Crippen LogP contribution in [0.25, 0.3) is 155 Å². The summed E-state index contributed by atoms with van der Waals surface area (Å²) in [6.45, 7) is 3.92. The number of rotatable bonds is 15. The van der Waals surface area contributed by atoms with E-state index in [1.165, 1.54) is 121 Å². The van der Waals surface area contributed by atoms with Gasteiger partial charge in [0.25, 0.3) is 0 Å². The van der Waals surface area contributed by atoms with Crippen LogP contribution in [0.1, 0.15) is 11.1 Å². The highest BCUT2D eigenvalue weighted by molar-refractivity contribution is 6.12. The maximum atomic E-state index is 5.59. The lowest BCUT2D eigenvalue weighted by Crippen LogP contribution is -2.10. The molecule has 0 aliphatic heterocycles. The van der Waals surface area contributed by atoms with Gasteiger partial charge in [-0.25, -0.2) is 0 Å². The number of para-hydroxylation sites is 6. The summed E-state index contributed by atoms with van der Waals surface area (Å²) < 4.78 is 7.11. The lowest BCUT2D eigenvalue weighted by molar-refractivity contribution is 1.18. The van der Waals surface area contributed by atoms with Gasteiger partial charge in [0.15, 0.2) is 0 Å². The SMILES string of the molecule is C#Cc1ccc(-c2ccc(N(c3ccc(-c4ccccc4)cc3)c3ccc(-c4ccc(-n5c6ccccc6c6ccccc65)cc4)cc3)cc2)cc1.C=Cc1ccc(-c2ccc(N(c3ccc(-c4ccc(-n5c6ccccc6c6ccccc65)cc4)cc3)c3ccc4cc(-n5c6ccccc6c6ccccc65)ccc4c3)cc2)cc1. The number of terminal acetylenes is 1. The van der Waals surface area contributed by atoms with Crippen molar-refractivity contribution in [2.24, 2.45) is 0 Å². The molecular formula is C110H75N5. The van der Waals surface area contributed by atoms with Gasteiger partial charge in [0, 0.05) is 89.1 Å². The van der Waals surface area contributed by atoms with Crippen molar-refractivity contribution in [2.45, 2.75) is 0 Å². The molecule has 5 nitrogen and oxygen atoms in total. The molecule has 18 aromatic carbocycles. The van der Waals surface area contributed by atoms with Crippen molar-refractivity contribution in [3.05, 3.63) is 448 Å². The second kappa shape index (κ2) is 29.7. The molecule has 0 saturated heterocycles. The zero-order chi connectivity index (χ0) is 76.7. The Balaban J connectivity index is 0.000000152. The molecule has 0 amide bonds. The number of aromatic nitrogens is 3. The van der Waals surface area contributed by atoms with Gasteiger partial charge in [-0.05, 0) is 230 Å². The molecule has 0 unspecified atom stereocenters. The Hall–Kier alpha value is -15.5. The van der Waals surface area contributed by atoms with E-state index in [0.717, 1.165) is 73.4 Å². The van der Waals surface area contributed by atoms with Crippen molar-refractivity contribution in [1.82, 2.24) is 13.7 Å². The van der Waals surface area contributed by atoms with Gasteiger partial charge >= 0.3 is 0 Å². The number of fused-ring (bicyclic) bond motifs is 10. The first-order chi connectivity index (χ1) is 56.9. The van der Waals surface area contributed by atoms with E-state index in [0.29, 0.717) is 0 Å². The van der Waals surface area contributed by atoms with E-state index >= 15 is 0 Å². The monoisotopic (exact) mass is 1470 g/mol. The fourth-order valence-electron chi connectivity index (χ4n) is 16.8. The molecule has 0 N–H and O–H groups in total. The summed E-state index contributed by atoms with van der Waals surface area (Å²) in [5.41, 5.74) is 31.0. The largest absolute Gasteiger partial charge is 0.311 e. The van der Waals surface area contributed by atoms with E-state index in [-0.39, 0.29) is 0 Å². The van der Waals surface area contributed by atoms with Gasteiger partial charge in [-0.2, -0.15) is 0 Å². The van der Waals surface area contributed by atoms with Crippen LogP contribution >= 0.6 is 0 Å². The third-order valence-corrected chi connectivity index (χ3v) is 22.6. The van der Waals surface area contributed by atoms with Crippen LogP contribution in [0.2, 0.25) is 0 Å². The zero-order valence-corrected chi connectivity index (χ0v) is 63.1. The van der Waals surface area contributed by atoms with Crippen molar-refractivity contribution in [3.63, 3.8) is 0 Å². The smallest absolute Gasteiger partial charge is 0.0541 e. The van der Waals surface area contributed by atoms with Gasteiger partial charge in [0.2, 0.25) is 0 Å². The van der Waals surface area contributed by atoms with Gasteiger partial charge in [0.05, 0.1) is 33.1 Å². The Morgan fingerprint density at radius 2 is 0.452 bits per heavy atom. The normalized spacial score (nSPS) is 11.3.